The minimum atomic E-state index is -0.960. The van der Waals surface area contributed by atoms with Crippen LogP contribution in [0.2, 0.25) is 5.02 Å². The molecule has 1 aromatic rings. The Hall–Kier alpha value is -1.10. The Labute approximate surface area is 130 Å². The number of benzene rings is 1. The summed E-state index contributed by atoms with van der Waals surface area (Å²) in [7, 11) is 0. The molecule has 0 saturated carbocycles. The number of amides is 1. The molecule has 5 heteroatoms. The highest BCUT2D eigenvalue weighted by Gasteiger charge is 2.44. The van der Waals surface area contributed by atoms with Crippen molar-refractivity contribution in [3.8, 4) is 0 Å². The maximum Gasteiger partial charge on any atom is 0.240 e. The Morgan fingerprint density at radius 1 is 1.48 bits per heavy atom. The van der Waals surface area contributed by atoms with Gasteiger partial charge in [0.05, 0.1) is 23.7 Å². The van der Waals surface area contributed by atoms with Crippen molar-refractivity contribution in [1.29, 1.82) is 0 Å². The molecule has 1 aromatic carbocycles. The van der Waals surface area contributed by atoms with Crippen molar-refractivity contribution >= 4 is 17.5 Å². The van der Waals surface area contributed by atoms with Crippen molar-refractivity contribution in [3.63, 3.8) is 0 Å². The van der Waals surface area contributed by atoms with Crippen molar-refractivity contribution in [2.75, 3.05) is 0 Å². The van der Waals surface area contributed by atoms with Crippen molar-refractivity contribution in [2.24, 2.45) is 5.73 Å². The van der Waals surface area contributed by atoms with Crippen LogP contribution >= 0.6 is 11.6 Å². The highest BCUT2D eigenvalue weighted by molar-refractivity contribution is 6.30. The molecule has 0 bridgehead atoms. The van der Waals surface area contributed by atoms with Gasteiger partial charge in [-0.1, -0.05) is 23.7 Å². The van der Waals surface area contributed by atoms with Gasteiger partial charge in [0, 0.05) is 5.02 Å². The SMILES string of the molecule is CC(N)C(=O)N1[C@H](c2cccc(Cl)c2)CC[C@@H]1C(C)(C)O. The second-order valence-electron chi connectivity index (χ2n) is 6.35. The second kappa shape index (κ2) is 5.95. The number of nitrogens with two attached hydrogens (primary N) is 1. The Bertz CT molecular complexity index is 525. The molecular weight excluding hydrogens is 288 g/mol. The largest absolute Gasteiger partial charge is 0.388 e. The summed E-state index contributed by atoms with van der Waals surface area (Å²) in [5.41, 5.74) is 5.82. The fraction of sp³-hybridized carbons (Fsp3) is 0.562. The first-order valence-electron chi connectivity index (χ1n) is 7.27. The third kappa shape index (κ3) is 3.39. The molecule has 0 radical (unpaired) electrons. The molecule has 1 saturated heterocycles. The Morgan fingerprint density at radius 3 is 2.67 bits per heavy atom. The van der Waals surface area contributed by atoms with Crippen LogP contribution in [0, 0.1) is 0 Å². The number of rotatable bonds is 3. The van der Waals surface area contributed by atoms with Gasteiger partial charge in [-0.25, -0.2) is 0 Å². The lowest BCUT2D eigenvalue weighted by molar-refractivity contribution is -0.140. The lowest BCUT2D eigenvalue weighted by atomic mass is 9.96. The van der Waals surface area contributed by atoms with E-state index in [0.717, 1.165) is 18.4 Å². The molecule has 3 atom stereocenters. The first-order chi connectivity index (χ1) is 9.71. The molecule has 1 unspecified atom stereocenters. The molecule has 116 valence electrons. The highest BCUT2D eigenvalue weighted by Crippen LogP contribution is 2.40. The predicted octanol–water partition coefficient (Wildman–Crippen LogP) is 2.49. The summed E-state index contributed by atoms with van der Waals surface area (Å²) in [6.45, 7) is 5.15. The normalized spacial score (nSPS) is 24.2. The number of likely N-dealkylation sites (tertiary alicyclic amines) is 1. The molecule has 0 spiro atoms. The molecule has 1 fully saturated rings. The fourth-order valence-corrected chi connectivity index (χ4v) is 3.29. The first-order valence-corrected chi connectivity index (χ1v) is 7.65. The van der Waals surface area contributed by atoms with E-state index in [1.54, 1.807) is 25.7 Å². The van der Waals surface area contributed by atoms with Gasteiger partial charge in [-0.15, -0.1) is 0 Å². The van der Waals surface area contributed by atoms with Gasteiger partial charge in [-0.3, -0.25) is 4.79 Å². The van der Waals surface area contributed by atoms with Gasteiger partial charge in [0.25, 0.3) is 0 Å². The van der Waals surface area contributed by atoms with E-state index in [2.05, 4.69) is 0 Å². The molecule has 2 rings (SSSR count). The maximum atomic E-state index is 12.5. The predicted molar refractivity (Wildman–Crippen MR) is 84.0 cm³/mol. The Morgan fingerprint density at radius 2 is 2.14 bits per heavy atom. The lowest BCUT2D eigenvalue weighted by Crippen LogP contribution is -2.52. The van der Waals surface area contributed by atoms with Crippen LogP contribution in [0.1, 0.15) is 45.2 Å². The average Bonchev–Trinajstić information content (AvgIpc) is 2.82. The molecule has 3 N–H and O–H groups in total. The van der Waals surface area contributed by atoms with Crippen LogP contribution in [-0.4, -0.2) is 33.6 Å². The van der Waals surface area contributed by atoms with Gasteiger partial charge in [-0.05, 0) is 51.3 Å². The zero-order valence-corrected chi connectivity index (χ0v) is 13.5. The topological polar surface area (TPSA) is 66.6 Å². The van der Waals surface area contributed by atoms with Crippen molar-refractivity contribution in [2.45, 2.75) is 57.3 Å². The van der Waals surface area contributed by atoms with E-state index in [9.17, 15) is 9.90 Å². The van der Waals surface area contributed by atoms with Gasteiger partial charge >= 0.3 is 0 Å². The molecule has 1 aliphatic rings. The number of halogens is 1. The fourth-order valence-electron chi connectivity index (χ4n) is 3.09. The molecule has 0 aliphatic carbocycles. The minimum absolute atomic E-state index is 0.0846. The highest BCUT2D eigenvalue weighted by atomic mass is 35.5. The standard InChI is InChI=1S/C16H23ClN2O2/c1-10(18)15(20)19-13(7-8-14(19)16(2,3)21)11-5-4-6-12(17)9-11/h4-6,9-10,13-14,21H,7-8,18H2,1-3H3/t10?,13-,14+/m0/s1. The molecule has 21 heavy (non-hydrogen) atoms. The van der Waals surface area contributed by atoms with Crippen LogP contribution in [-0.2, 0) is 4.79 Å². The van der Waals surface area contributed by atoms with E-state index in [4.69, 9.17) is 17.3 Å². The molecule has 1 heterocycles. The van der Waals surface area contributed by atoms with Crippen molar-refractivity contribution in [3.05, 3.63) is 34.9 Å². The first kappa shape index (κ1) is 16.3. The van der Waals surface area contributed by atoms with Crippen LogP contribution < -0.4 is 5.73 Å². The van der Waals surface area contributed by atoms with Crippen molar-refractivity contribution in [1.82, 2.24) is 4.90 Å². The summed E-state index contributed by atoms with van der Waals surface area (Å²) in [5, 5.41) is 11.0. The van der Waals surface area contributed by atoms with Gasteiger partial charge in [0.2, 0.25) is 5.91 Å². The number of hydrogen-bond donors (Lipinski definition) is 2. The van der Waals surface area contributed by atoms with E-state index in [1.807, 2.05) is 24.3 Å². The smallest absolute Gasteiger partial charge is 0.240 e. The van der Waals surface area contributed by atoms with E-state index in [0.29, 0.717) is 5.02 Å². The number of aliphatic hydroxyl groups is 1. The zero-order valence-electron chi connectivity index (χ0n) is 12.7. The summed E-state index contributed by atoms with van der Waals surface area (Å²) >= 11 is 6.06. The summed E-state index contributed by atoms with van der Waals surface area (Å²) in [6.07, 6.45) is 1.55. The van der Waals surface area contributed by atoms with E-state index >= 15 is 0 Å². The lowest BCUT2D eigenvalue weighted by Gasteiger charge is -2.38. The third-order valence-corrected chi connectivity index (χ3v) is 4.31. The third-order valence-electron chi connectivity index (χ3n) is 4.08. The maximum absolute atomic E-state index is 12.5. The quantitative estimate of drug-likeness (QED) is 0.901. The zero-order chi connectivity index (χ0) is 15.8. The van der Waals surface area contributed by atoms with Crippen LogP contribution in [0.3, 0.4) is 0 Å². The van der Waals surface area contributed by atoms with Gasteiger partial charge in [0.15, 0.2) is 0 Å². The molecule has 1 amide bonds. The van der Waals surface area contributed by atoms with Gasteiger partial charge in [0.1, 0.15) is 0 Å². The van der Waals surface area contributed by atoms with Gasteiger partial charge < -0.3 is 15.7 Å². The van der Waals surface area contributed by atoms with E-state index in [1.165, 1.54) is 0 Å². The summed E-state index contributed by atoms with van der Waals surface area (Å²) in [6, 6.07) is 6.62. The number of nitrogens with zero attached hydrogens (tertiary/aromatic N) is 1. The summed E-state index contributed by atoms with van der Waals surface area (Å²) in [4.78, 5) is 14.3. The Balaban J connectivity index is 2.39. The van der Waals surface area contributed by atoms with Crippen molar-refractivity contribution < 1.29 is 9.90 Å². The average molecular weight is 311 g/mol. The second-order valence-corrected chi connectivity index (χ2v) is 6.79. The molecule has 1 aliphatic heterocycles. The van der Waals surface area contributed by atoms with E-state index in [-0.39, 0.29) is 18.0 Å². The van der Waals surface area contributed by atoms with Crippen LogP contribution in [0.15, 0.2) is 24.3 Å². The molecular formula is C16H23ClN2O2. The Kier molecular flexibility index (Phi) is 4.61. The molecule has 4 nitrogen and oxygen atoms in total. The van der Waals surface area contributed by atoms with Gasteiger partial charge in [-0.2, -0.15) is 0 Å². The summed E-state index contributed by atoms with van der Waals surface area (Å²) in [5.74, 6) is -0.135. The number of carbonyl (C=O) groups is 1. The minimum Gasteiger partial charge on any atom is -0.388 e. The number of carbonyl (C=O) groups excluding carboxylic acids is 1. The van der Waals surface area contributed by atoms with Crippen LogP contribution in [0.25, 0.3) is 0 Å². The van der Waals surface area contributed by atoms with Crippen LogP contribution in [0.4, 0.5) is 0 Å². The molecule has 0 aromatic heterocycles. The van der Waals surface area contributed by atoms with E-state index < -0.39 is 11.6 Å². The summed E-state index contributed by atoms with van der Waals surface area (Å²) < 4.78 is 0. The number of hydrogen-bond acceptors (Lipinski definition) is 3. The monoisotopic (exact) mass is 310 g/mol. The van der Waals surface area contributed by atoms with Crippen LogP contribution in [0.5, 0.6) is 0 Å².